The Bertz CT molecular complexity index is 1130. The fraction of sp³-hybridized carbons (Fsp3) is 0.280. The average molecular weight is 418 g/mol. The Morgan fingerprint density at radius 1 is 1.00 bits per heavy atom. The molecular weight excluding hydrogens is 390 g/mol. The monoisotopic (exact) mass is 417 g/mol. The van der Waals surface area contributed by atoms with Gasteiger partial charge < -0.3 is 19.5 Å². The molecule has 1 saturated heterocycles. The Morgan fingerprint density at radius 3 is 2.39 bits per heavy atom. The summed E-state index contributed by atoms with van der Waals surface area (Å²) in [6.07, 6.45) is 0.202. The molecule has 6 heteroatoms. The number of rotatable bonds is 5. The predicted molar refractivity (Wildman–Crippen MR) is 122 cm³/mol. The van der Waals surface area contributed by atoms with Gasteiger partial charge in [0.15, 0.2) is 0 Å². The number of hydrogen-bond acceptors (Lipinski definition) is 3. The van der Waals surface area contributed by atoms with Gasteiger partial charge in [0.05, 0.1) is 24.4 Å². The number of benzene rings is 2. The minimum absolute atomic E-state index is 0.0264. The molecule has 6 nitrogen and oxygen atoms in total. The van der Waals surface area contributed by atoms with Crippen LogP contribution in [-0.2, 0) is 9.59 Å². The van der Waals surface area contributed by atoms with E-state index in [1.807, 2.05) is 75.4 Å². The van der Waals surface area contributed by atoms with Gasteiger partial charge in [-0.1, -0.05) is 18.2 Å². The van der Waals surface area contributed by atoms with Gasteiger partial charge in [-0.15, -0.1) is 0 Å². The van der Waals surface area contributed by atoms with Crippen molar-refractivity contribution in [3.63, 3.8) is 0 Å². The number of methoxy groups -OCH3 is 1. The summed E-state index contributed by atoms with van der Waals surface area (Å²) in [5.74, 6) is 0.121. The Kier molecular flexibility index (Phi) is 5.55. The van der Waals surface area contributed by atoms with Crippen LogP contribution in [0.15, 0.2) is 54.6 Å². The third kappa shape index (κ3) is 3.93. The first-order chi connectivity index (χ1) is 14.9. The van der Waals surface area contributed by atoms with Crippen molar-refractivity contribution in [3.05, 3.63) is 71.5 Å². The summed E-state index contributed by atoms with van der Waals surface area (Å²) in [7, 11) is 1.62. The molecule has 1 fully saturated rings. The van der Waals surface area contributed by atoms with Crippen LogP contribution in [0.5, 0.6) is 5.75 Å². The molecule has 0 saturated carbocycles. The van der Waals surface area contributed by atoms with E-state index in [0.29, 0.717) is 18.0 Å². The zero-order valence-electron chi connectivity index (χ0n) is 18.3. The van der Waals surface area contributed by atoms with E-state index in [0.717, 1.165) is 28.3 Å². The maximum Gasteiger partial charge on any atom is 0.229 e. The summed E-state index contributed by atoms with van der Waals surface area (Å²) >= 11 is 0. The lowest BCUT2D eigenvalue weighted by Gasteiger charge is -2.20. The molecule has 0 aliphatic carbocycles. The molecule has 0 radical (unpaired) electrons. The molecule has 1 aliphatic rings. The number of carbonyl (C=O) groups excluding carboxylic acids is 2. The summed E-state index contributed by atoms with van der Waals surface area (Å²) < 4.78 is 7.48. The number of anilines is 2. The van der Waals surface area contributed by atoms with Crippen LogP contribution in [0.2, 0.25) is 0 Å². The third-order valence-corrected chi connectivity index (χ3v) is 5.88. The first kappa shape index (κ1) is 20.7. The highest BCUT2D eigenvalue weighted by Crippen LogP contribution is 2.31. The highest BCUT2D eigenvalue weighted by Gasteiger charge is 2.36. The normalized spacial score (nSPS) is 15.9. The summed E-state index contributed by atoms with van der Waals surface area (Å²) in [5, 5.41) is 3.06. The minimum atomic E-state index is -0.408. The van der Waals surface area contributed by atoms with Crippen LogP contribution in [0.3, 0.4) is 0 Å². The second-order valence-electron chi connectivity index (χ2n) is 8.02. The molecule has 0 bridgehead atoms. The molecule has 2 heterocycles. The van der Waals surface area contributed by atoms with Gasteiger partial charge in [-0.2, -0.15) is 0 Å². The largest absolute Gasteiger partial charge is 0.497 e. The van der Waals surface area contributed by atoms with Gasteiger partial charge in [0.25, 0.3) is 0 Å². The van der Waals surface area contributed by atoms with Gasteiger partial charge in [0, 0.05) is 36.1 Å². The molecule has 2 amide bonds. The average Bonchev–Trinajstić information content (AvgIpc) is 3.30. The molecule has 160 valence electrons. The summed E-state index contributed by atoms with van der Waals surface area (Å²) in [4.78, 5) is 27.5. The molecule has 31 heavy (non-hydrogen) atoms. The molecule has 1 aliphatic heterocycles. The Labute approximate surface area is 182 Å². The molecule has 0 spiro atoms. The van der Waals surface area contributed by atoms with Crippen LogP contribution in [-0.4, -0.2) is 30.0 Å². The van der Waals surface area contributed by atoms with Gasteiger partial charge in [-0.05, 0) is 56.7 Å². The fourth-order valence-electron chi connectivity index (χ4n) is 4.19. The zero-order valence-corrected chi connectivity index (χ0v) is 18.3. The van der Waals surface area contributed by atoms with Crippen LogP contribution in [0.4, 0.5) is 11.4 Å². The number of aromatic nitrogens is 1. The van der Waals surface area contributed by atoms with Gasteiger partial charge in [0.1, 0.15) is 5.75 Å². The number of aryl methyl sites for hydroxylation is 3. The van der Waals surface area contributed by atoms with Crippen LogP contribution in [0.1, 0.15) is 23.4 Å². The first-order valence-electron chi connectivity index (χ1n) is 10.4. The van der Waals surface area contributed by atoms with Crippen LogP contribution in [0, 0.1) is 26.7 Å². The smallest absolute Gasteiger partial charge is 0.229 e. The second-order valence-corrected chi connectivity index (χ2v) is 8.02. The topological polar surface area (TPSA) is 63.6 Å². The van der Waals surface area contributed by atoms with Crippen molar-refractivity contribution < 1.29 is 14.3 Å². The number of carbonyl (C=O) groups is 2. The summed E-state index contributed by atoms with van der Waals surface area (Å²) in [6, 6.07) is 17.4. The molecule has 1 aromatic heterocycles. The molecule has 4 rings (SSSR count). The van der Waals surface area contributed by atoms with E-state index in [1.54, 1.807) is 12.0 Å². The van der Waals surface area contributed by atoms with E-state index >= 15 is 0 Å². The molecule has 1 atom stereocenters. The highest BCUT2D eigenvalue weighted by atomic mass is 16.5. The molecular formula is C25H27N3O3. The summed E-state index contributed by atoms with van der Waals surface area (Å²) in [6.45, 7) is 6.39. The van der Waals surface area contributed by atoms with Crippen LogP contribution in [0.25, 0.3) is 5.69 Å². The van der Waals surface area contributed by atoms with Crippen LogP contribution < -0.4 is 15.0 Å². The number of para-hydroxylation sites is 1. The van der Waals surface area contributed by atoms with Gasteiger partial charge in [-0.25, -0.2) is 0 Å². The lowest BCUT2D eigenvalue weighted by atomic mass is 10.1. The third-order valence-electron chi connectivity index (χ3n) is 5.88. The van der Waals surface area contributed by atoms with E-state index in [-0.39, 0.29) is 18.2 Å². The van der Waals surface area contributed by atoms with Crippen LogP contribution >= 0.6 is 0 Å². The van der Waals surface area contributed by atoms with Gasteiger partial charge in [0.2, 0.25) is 11.8 Å². The zero-order chi connectivity index (χ0) is 22.1. The van der Waals surface area contributed by atoms with E-state index in [1.165, 1.54) is 0 Å². The minimum Gasteiger partial charge on any atom is -0.497 e. The maximum atomic E-state index is 13.1. The van der Waals surface area contributed by atoms with E-state index < -0.39 is 5.92 Å². The van der Waals surface area contributed by atoms with Crippen molar-refractivity contribution in [1.82, 2.24) is 4.57 Å². The number of nitrogens with zero attached hydrogens (tertiary/aromatic N) is 2. The predicted octanol–water partition coefficient (Wildman–Crippen LogP) is 4.40. The standard InChI is InChI=1S/C25H27N3O3/c1-16-7-5-6-8-22(16)27-15-19(13-24(27)29)25(30)26-21-12-11-20(31-4)14-23(21)28-17(2)9-10-18(28)3/h5-12,14,19H,13,15H2,1-4H3,(H,26,30)/t19-/m1/s1. The number of amides is 2. The Balaban J connectivity index is 1.60. The second kappa shape index (κ2) is 8.30. The number of hydrogen-bond donors (Lipinski definition) is 1. The van der Waals surface area contributed by atoms with E-state index in [4.69, 9.17) is 4.74 Å². The lowest BCUT2D eigenvalue weighted by molar-refractivity contribution is -0.122. The quantitative estimate of drug-likeness (QED) is 0.669. The van der Waals surface area contributed by atoms with E-state index in [2.05, 4.69) is 9.88 Å². The van der Waals surface area contributed by atoms with Crippen molar-refractivity contribution in [2.24, 2.45) is 5.92 Å². The first-order valence-corrected chi connectivity index (χ1v) is 10.4. The SMILES string of the molecule is COc1ccc(NC(=O)[C@@H]2CC(=O)N(c3ccccc3C)C2)c(-n2c(C)ccc2C)c1. The lowest BCUT2D eigenvalue weighted by Crippen LogP contribution is -2.28. The molecule has 0 unspecified atom stereocenters. The number of ether oxygens (including phenoxy) is 1. The van der Waals surface area contributed by atoms with Crippen molar-refractivity contribution in [2.75, 3.05) is 23.9 Å². The highest BCUT2D eigenvalue weighted by molar-refractivity contribution is 6.04. The maximum absolute atomic E-state index is 13.1. The number of nitrogens with one attached hydrogen (secondary N) is 1. The summed E-state index contributed by atoms with van der Waals surface area (Å²) in [5.41, 5.74) is 5.54. The van der Waals surface area contributed by atoms with Crippen molar-refractivity contribution in [2.45, 2.75) is 27.2 Å². The van der Waals surface area contributed by atoms with Gasteiger partial charge >= 0.3 is 0 Å². The Hall–Kier alpha value is -3.54. The van der Waals surface area contributed by atoms with Crippen molar-refractivity contribution >= 4 is 23.2 Å². The molecule has 1 N–H and O–H groups in total. The van der Waals surface area contributed by atoms with Crippen molar-refractivity contribution in [1.29, 1.82) is 0 Å². The van der Waals surface area contributed by atoms with Gasteiger partial charge in [-0.3, -0.25) is 9.59 Å². The van der Waals surface area contributed by atoms with E-state index in [9.17, 15) is 9.59 Å². The molecule has 2 aromatic carbocycles. The Morgan fingerprint density at radius 2 is 1.71 bits per heavy atom. The van der Waals surface area contributed by atoms with Crippen molar-refractivity contribution in [3.8, 4) is 11.4 Å². The fourth-order valence-corrected chi connectivity index (χ4v) is 4.19. The molecule has 3 aromatic rings.